The molecule has 0 spiro atoms. The summed E-state index contributed by atoms with van der Waals surface area (Å²) in [5, 5.41) is 1.58. The average Bonchev–Trinajstić information content (AvgIpc) is 2.95. The fourth-order valence-electron chi connectivity index (χ4n) is 2.75. The molecule has 23 heavy (non-hydrogen) atoms. The minimum atomic E-state index is -0.390. The van der Waals surface area contributed by atoms with Crippen molar-refractivity contribution >= 4 is 11.6 Å². The molecule has 3 rings (SSSR count). The van der Waals surface area contributed by atoms with E-state index in [-0.39, 0.29) is 11.7 Å². The average molecular weight is 314 g/mol. The smallest absolute Gasteiger partial charge is 0.246 e. The lowest BCUT2D eigenvalue weighted by atomic mass is 10.2. The highest BCUT2D eigenvalue weighted by Gasteiger charge is 2.36. The summed E-state index contributed by atoms with van der Waals surface area (Å²) >= 11 is 0. The molecule has 0 N–H and O–H groups in total. The first-order valence-electron chi connectivity index (χ1n) is 7.62. The van der Waals surface area contributed by atoms with Crippen LogP contribution in [0.15, 0.2) is 54.6 Å². The van der Waals surface area contributed by atoms with Crippen molar-refractivity contribution in [1.29, 1.82) is 0 Å². The van der Waals surface area contributed by atoms with Crippen molar-refractivity contribution in [1.82, 2.24) is 5.06 Å². The van der Waals surface area contributed by atoms with E-state index in [4.69, 9.17) is 4.84 Å². The van der Waals surface area contributed by atoms with Crippen molar-refractivity contribution in [2.24, 2.45) is 0 Å². The summed E-state index contributed by atoms with van der Waals surface area (Å²) in [6, 6.07) is 15.7. The third-order valence-electron chi connectivity index (χ3n) is 4.04. The van der Waals surface area contributed by atoms with Gasteiger partial charge in [0.1, 0.15) is 11.9 Å². The van der Waals surface area contributed by atoms with Crippen LogP contribution in [0, 0.1) is 5.82 Å². The second-order valence-electron chi connectivity index (χ2n) is 5.55. The number of para-hydroxylation sites is 1. The van der Waals surface area contributed by atoms with Gasteiger partial charge in [0.2, 0.25) is 5.91 Å². The van der Waals surface area contributed by atoms with Gasteiger partial charge in [-0.2, -0.15) is 5.06 Å². The van der Waals surface area contributed by atoms with Crippen molar-refractivity contribution in [2.75, 3.05) is 18.5 Å². The fraction of sp³-hybridized carbons (Fsp3) is 0.278. The van der Waals surface area contributed by atoms with E-state index in [1.807, 2.05) is 30.3 Å². The highest BCUT2D eigenvalue weighted by atomic mass is 19.1. The minimum absolute atomic E-state index is 0.134. The molecule has 2 aromatic rings. The third kappa shape index (κ3) is 3.41. The van der Waals surface area contributed by atoms with Gasteiger partial charge in [0.15, 0.2) is 0 Å². The van der Waals surface area contributed by atoms with Gasteiger partial charge in [0.25, 0.3) is 0 Å². The first-order valence-corrected chi connectivity index (χ1v) is 7.62. The first-order chi connectivity index (χ1) is 11.2. The summed E-state index contributed by atoms with van der Waals surface area (Å²) in [7, 11) is 1.75. The molecule has 0 radical (unpaired) electrons. The highest BCUT2D eigenvalue weighted by molar-refractivity contribution is 5.99. The van der Waals surface area contributed by atoms with Crippen LogP contribution in [-0.4, -0.2) is 30.6 Å². The monoisotopic (exact) mass is 314 g/mol. The van der Waals surface area contributed by atoms with Crippen LogP contribution < -0.4 is 4.90 Å². The number of amides is 1. The Kier molecular flexibility index (Phi) is 4.69. The third-order valence-corrected chi connectivity index (χ3v) is 4.04. The number of likely N-dealkylation sites (N-methyl/N-ethyl adjacent to an activating group) is 1. The molecule has 0 aliphatic carbocycles. The number of hydrogen-bond donors (Lipinski definition) is 0. The fourth-order valence-corrected chi connectivity index (χ4v) is 2.75. The number of rotatable bonds is 5. The Labute approximate surface area is 135 Å². The van der Waals surface area contributed by atoms with Gasteiger partial charge in [-0.15, -0.1) is 0 Å². The van der Waals surface area contributed by atoms with Gasteiger partial charge in [-0.1, -0.05) is 42.5 Å². The summed E-state index contributed by atoms with van der Waals surface area (Å²) < 4.78 is 13.9. The molecule has 1 aliphatic heterocycles. The van der Waals surface area contributed by atoms with Gasteiger partial charge < -0.3 is 4.90 Å². The van der Waals surface area contributed by atoms with Crippen molar-refractivity contribution in [3.8, 4) is 0 Å². The van der Waals surface area contributed by atoms with Crippen LogP contribution in [0.2, 0.25) is 0 Å². The number of anilines is 1. The molecular formula is C18H19FN2O2. The van der Waals surface area contributed by atoms with Gasteiger partial charge in [-0.05, 0) is 24.1 Å². The van der Waals surface area contributed by atoms with Crippen molar-refractivity contribution in [2.45, 2.75) is 19.1 Å². The second-order valence-corrected chi connectivity index (χ2v) is 5.55. The lowest BCUT2D eigenvalue weighted by Crippen LogP contribution is -2.39. The van der Waals surface area contributed by atoms with Gasteiger partial charge in [0.05, 0.1) is 12.3 Å². The summed E-state index contributed by atoms with van der Waals surface area (Å²) in [5.74, 6) is -0.514. The lowest BCUT2D eigenvalue weighted by Gasteiger charge is -2.23. The Morgan fingerprint density at radius 1 is 1.17 bits per heavy atom. The molecule has 2 aromatic carbocycles. The van der Waals surface area contributed by atoms with Crippen molar-refractivity contribution < 1.29 is 14.0 Å². The quantitative estimate of drug-likeness (QED) is 0.795. The molecular weight excluding hydrogens is 295 g/mol. The maximum absolute atomic E-state index is 13.9. The predicted molar refractivity (Wildman–Crippen MR) is 86.2 cm³/mol. The molecule has 1 atom stereocenters. The number of halogens is 1. The van der Waals surface area contributed by atoms with Crippen LogP contribution in [0.3, 0.4) is 0 Å². The molecule has 1 aliphatic rings. The number of carbonyl (C=O) groups is 1. The molecule has 5 heteroatoms. The Bertz CT molecular complexity index is 678. The van der Waals surface area contributed by atoms with Crippen LogP contribution in [0.4, 0.5) is 10.1 Å². The first kappa shape index (κ1) is 15.6. The Morgan fingerprint density at radius 3 is 2.61 bits per heavy atom. The molecule has 1 saturated heterocycles. The van der Waals surface area contributed by atoms with Gasteiger partial charge in [0, 0.05) is 13.6 Å². The second kappa shape index (κ2) is 6.89. The number of benzene rings is 2. The Morgan fingerprint density at radius 2 is 1.87 bits per heavy atom. The van der Waals surface area contributed by atoms with Crippen molar-refractivity contribution in [3.63, 3.8) is 0 Å². The zero-order valence-corrected chi connectivity index (χ0v) is 13.0. The molecule has 0 aromatic heterocycles. The number of hydrogen-bond acceptors (Lipinski definition) is 3. The van der Waals surface area contributed by atoms with Crippen LogP contribution in [0.5, 0.6) is 0 Å². The van der Waals surface area contributed by atoms with E-state index >= 15 is 0 Å². The van der Waals surface area contributed by atoms with Crippen LogP contribution in [0.1, 0.15) is 12.0 Å². The normalized spacial score (nSPS) is 18.0. The standard InChI is InChI=1S/C18H19FN2O2/c1-20(23-13-14-7-3-2-4-8-14)17-11-12-21(18(17)22)16-10-6-5-9-15(16)19/h2-10,17H,11-13H2,1H3. The maximum Gasteiger partial charge on any atom is 0.246 e. The largest absolute Gasteiger partial charge is 0.308 e. The van der Waals surface area contributed by atoms with Crippen LogP contribution in [-0.2, 0) is 16.2 Å². The maximum atomic E-state index is 13.9. The van der Waals surface area contributed by atoms with Gasteiger partial charge >= 0.3 is 0 Å². The lowest BCUT2D eigenvalue weighted by molar-refractivity contribution is -0.180. The molecule has 0 saturated carbocycles. The Balaban J connectivity index is 1.63. The van der Waals surface area contributed by atoms with E-state index in [2.05, 4.69) is 0 Å². The summed E-state index contributed by atoms with van der Waals surface area (Å²) in [6.45, 7) is 0.893. The topological polar surface area (TPSA) is 32.8 Å². The predicted octanol–water partition coefficient (Wildman–Crippen LogP) is 2.99. The summed E-state index contributed by atoms with van der Waals surface area (Å²) in [4.78, 5) is 19.7. The molecule has 4 nitrogen and oxygen atoms in total. The number of hydroxylamine groups is 2. The highest BCUT2D eigenvalue weighted by Crippen LogP contribution is 2.26. The van der Waals surface area contributed by atoms with Crippen LogP contribution in [0.25, 0.3) is 0 Å². The summed E-state index contributed by atoms with van der Waals surface area (Å²) in [5.41, 5.74) is 1.37. The molecule has 1 unspecified atom stereocenters. The van der Waals surface area contributed by atoms with E-state index < -0.39 is 6.04 Å². The van der Waals surface area contributed by atoms with Crippen molar-refractivity contribution in [3.05, 3.63) is 66.0 Å². The van der Waals surface area contributed by atoms with E-state index in [0.717, 1.165) is 5.56 Å². The SMILES string of the molecule is CN(OCc1ccccc1)C1CCN(c2ccccc2F)C1=O. The number of nitrogens with zero attached hydrogens (tertiary/aromatic N) is 2. The molecule has 1 fully saturated rings. The Hall–Kier alpha value is -2.24. The number of carbonyl (C=O) groups excluding carboxylic acids is 1. The van der Waals surface area contributed by atoms with E-state index in [9.17, 15) is 9.18 Å². The van der Waals surface area contributed by atoms with E-state index in [0.29, 0.717) is 25.3 Å². The van der Waals surface area contributed by atoms with Crippen LogP contribution >= 0.6 is 0 Å². The zero-order chi connectivity index (χ0) is 16.2. The molecule has 1 heterocycles. The van der Waals surface area contributed by atoms with Gasteiger partial charge in [-0.3, -0.25) is 9.63 Å². The molecule has 1 amide bonds. The molecule has 120 valence electrons. The van der Waals surface area contributed by atoms with Gasteiger partial charge in [-0.25, -0.2) is 4.39 Å². The summed E-state index contributed by atoms with van der Waals surface area (Å²) in [6.07, 6.45) is 0.610. The molecule has 0 bridgehead atoms. The minimum Gasteiger partial charge on any atom is -0.308 e. The van der Waals surface area contributed by atoms with E-state index in [1.165, 1.54) is 11.0 Å². The zero-order valence-electron chi connectivity index (χ0n) is 13.0. The van der Waals surface area contributed by atoms with E-state index in [1.54, 1.807) is 30.3 Å².